The number of nitrogens with zero attached hydrogens (tertiary/aromatic N) is 1. The lowest BCUT2D eigenvalue weighted by Crippen LogP contribution is -2.25. The van der Waals surface area contributed by atoms with E-state index in [2.05, 4.69) is 39.2 Å². The molecule has 2 nitrogen and oxygen atoms in total. The van der Waals surface area contributed by atoms with Crippen LogP contribution in [0.4, 0.5) is 4.39 Å². The van der Waals surface area contributed by atoms with Crippen molar-refractivity contribution in [2.45, 2.75) is 32.7 Å². The smallest absolute Gasteiger partial charge is 0.123 e. The minimum absolute atomic E-state index is 0.136. The third kappa shape index (κ3) is 4.35. The van der Waals surface area contributed by atoms with E-state index in [0.29, 0.717) is 0 Å². The number of pyridine rings is 1. The van der Waals surface area contributed by atoms with E-state index in [4.69, 9.17) is 0 Å². The highest BCUT2D eigenvalue weighted by molar-refractivity contribution is 9.10. The number of hydrogen-bond acceptors (Lipinski definition) is 2. The maximum absolute atomic E-state index is 13.5. The lowest BCUT2D eigenvalue weighted by Gasteiger charge is -2.21. The molecule has 0 radical (unpaired) electrons. The van der Waals surface area contributed by atoms with Crippen LogP contribution in [-0.4, -0.2) is 11.5 Å². The van der Waals surface area contributed by atoms with Gasteiger partial charge in [0.05, 0.1) is 0 Å². The average Bonchev–Trinajstić information content (AvgIpc) is 2.48. The Morgan fingerprint density at radius 2 is 2.14 bits per heavy atom. The molecule has 0 fully saturated rings. The van der Waals surface area contributed by atoms with E-state index >= 15 is 0 Å². The van der Waals surface area contributed by atoms with E-state index in [9.17, 15) is 4.39 Å². The van der Waals surface area contributed by atoms with Crippen molar-refractivity contribution in [1.82, 2.24) is 10.3 Å². The molecule has 2 aromatic rings. The molecule has 0 saturated heterocycles. The Bertz CT molecular complexity index is 601. The van der Waals surface area contributed by atoms with Crippen LogP contribution in [0.3, 0.4) is 0 Å². The molecule has 0 bridgehead atoms. The quantitative estimate of drug-likeness (QED) is 0.824. The third-order valence-corrected chi connectivity index (χ3v) is 4.27. The number of halogens is 2. The van der Waals surface area contributed by atoms with Gasteiger partial charge in [-0.2, -0.15) is 0 Å². The van der Waals surface area contributed by atoms with Gasteiger partial charge >= 0.3 is 0 Å². The van der Waals surface area contributed by atoms with Gasteiger partial charge in [0, 0.05) is 22.4 Å². The summed E-state index contributed by atoms with van der Waals surface area (Å²) < 4.78 is 14.4. The molecule has 0 aliphatic carbocycles. The molecule has 1 atom stereocenters. The largest absolute Gasteiger partial charge is 0.310 e. The van der Waals surface area contributed by atoms with E-state index in [-0.39, 0.29) is 11.9 Å². The SMILES string of the molecule is CCCNC(Cc1cc(F)ccc1Br)c1cccnc1C. The van der Waals surface area contributed by atoms with Gasteiger partial charge in [-0.3, -0.25) is 4.98 Å². The van der Waals surface area contributed by atoms with Gasteiger partial charge in [0.25, 0.3) is 0 Å². The van der Waals surface area contributed by atoms with Crippen LogP contribution in [0.25, 0.3) is 0 Å². The van der Waals surface area contributed by atoms with Crippen LogP contribution in [0.15, 0.2) is 41.0 Å². The second-order valence-corrected chi connectivity index (χ2v) is 5.98. The van der Waals surface area contributed by atoms with Gasteiger partial charge < -0.3 is 5.32 Å². The summed E-state index contributed by atoms with van der Waals surface area (Å²) in [5, 5.41) is 3.54. The number of benzene rings is 1. The van der Waals surface area contributed by atoms with Crippen LogP contribution in [0.2, 0.25) is 0 Å². The third-order valence-electron chi connectivity index (χ3n) is 3.50. The molecule has 21 heavy (non-hydrogen) atoms. The minimum atomic E-state index is -0.203. The molecule has 1 aromatic heterocycles. The zero-order chi connectivity index (χ0) is 15.2. The van der Waals surface area contributed by atoms with E-state index in [0.717, 1.165) is 35.1 Å². The molecule has 1 unspecified atom stereocenters. The number of aromatic nitrogens is 1. The lowest BCUT2D eigenvalue weighted by molar-refractivity contribution is 0.522. The monoisotopic (exact) mass is 350 g/mol. The van der Waals surface area contributed by atoms with Crippen molar-refractivity contribution >= 4 is 15.9 Å². The van der Waals surface area contributed by atoms with Crippen molar-refractivity contribution in [2.24, 2.45) is 0 Å². The van der Waals surface area contributed by atoms with Crippen LogP contribution >= 0.6 is 15.9 Å². The lowest BCUT2D eigenvalue weighted by atomic mass is 9.97. The summed E-state index contributed by atoms with van der Waals surface area (Å²) in [6, 6.07) is 8.99. The van der Waals surface area contributed by atoms with Crippen LogP contribution < -0.4 is 5.32 Å². The standard InChI is InChI=1S/C17H20BrFN2/c1-3-8-21-17(15-5-4-9-20-12(15)2)11-13-10-14(19)6-7-16(13)18/h4-7,9-10,17,21H,3,8,11H2,1-2H3. The van der Waals surface area contributed by atoms with Gasteiger partial charge in [-0.25, -0.2) is 4.39 Å². The van der Waals surface area contributed by atoms with Gasteiger partial charge in [-0.1, -0.05) is 28.9 Å². The molecular formula is C17H20BrFN2. The number of aryl methyl sites for hydroxylation is 1. The van der Waals surface area contributed by atoms with Crippen molar-refractivity contribution in [2.75, 3.05) is 6.54 Å². The van der Waals surface area contributed by atoms with Gasteiger partial charge in [0.2, 0.25) is 0 Å². The molecule has 112 valence electrons. The van der Waals surface area contributed by atoms with Gasteiger partial charge in [-0.15, -0.1) is 0 Å². The summed E-state index contributed by atoms with van der Waals surface area (Å²) in [5.74, 6) is -0.203. The summed E-state index contributed by atoms with van der Waals surface area (Å²) in [6.07, 6.45) is 3.58. The molecule has 0 saturated carbocycles. The first-order valence-corrected chi connectivity index (χ1v) is 8.00. The molecule has 0 aliphatic rings. The number of hydrogen-bond donors (Lipinski definition) is 1. The summed E-state index contributed by atoms with van der Waals surface area (Å²) in [4.78, 5) is 4.36. The summed E-state index contributed by atoms with van der Waals surface area (Å²) in [7, 11) is 0. The minimum Gasteiger partial charge on any atom is -0.310 e. The zero-order valence-electron chi connectivity index (χ0n) is 12.4. The summed E-state index contributed by atoms with van der Waals surface area (Å²) in [5.41, 5.74) is 3.15. The maximum Gasteiger partial charge on any atom is 0.123 e. The predicted molar refractivity (Wildman–Crippen MR) is 87.8 cm³/mol. The average molecular weight is 351 g/mol. The molecule has 4 heteroatoms. The molecular weight excluding hydrogens is 331 g/mol. The highest BCUT2D eigenvalue weighted by atomic mass is 79.9. The van der Waals surface area contributed by atoms with Crippen molar-refractivity contribution in [3.63, 3.8) is 0 Å². The normalized spacial score (nSPS) is 12.4. The van der Waals surface area contributed by atoms with Gasteiger partial charge in [0.1, 0.15) is 5.82 Å². The van der Waals surface area contributed by atoms with Crippen LogP contribution in [-0.2, 0) is 6.42 Å². The van der Waals surface area contributed by atoms with Crippen LogP contribution in [0.1, 0.15) is 36.2 Å². The van der Waals surface area contributed by atoms with E-state index in [1.807, 2.05) is 13.0 Å². The molecule has 1 aromatic carbocycles. The Balaban J connectivity index is 2.28. The van der Waals surface area contributed by atoms with Crippen molar-refractivity contribution < 1.29 is 4.39 Å². The van der Waals surface area contributed by atoms with E-state index in [1.54, 1.807) is 18.3 Å². The fourth-order valence-corrected chi connectivity index (χ4v) is 2.80. The molecule has 0 spiro atoms. The Hall–Kier alpha value is -1.26. The molecule has 0 amide bonds. The second-order valence-electron chi connectivity index (χ2n) is 5.12. The maximum atomic E-state index is 13.5. The van der Waals surface area contributed by atoms with Crippen molar-refractivity contribution in [3.8, 4) is 0 Å². The highest BCUT2D eigenvalue weighted by Crippen LogP contribution is 2.26. The predicted octanol–water partition coefficient (Wildman–Crippen LogP) is 4.58. The van der Waals surface area contributed by atoms with Crippen molar-refractivity contribution in [1.29, 1.82) is 0 Å². The topological polar surface area (TPSA) is 24.9 Å². The fourth-order valence-electron chi connectivity index (χ4n) is 2.40. The Kier molecular flexibility index (Phi) is 5.88. The van der Waals surface area contributed by atoms with Crippen LogP contribution in [0.5, 0.6) is 0 Å². The van der Waals surface area contributed by atoms with E-state index < -0.39 is 0 Å². The first kappa shape index (κ1) is 16.1. The van der Waals surface area contributed by atoms with Crippen LogP contribution in [0, 0.1) is 12.7 Å². The van der Waals surface area contributed by atoms with Gasteiger partial charge in [0.15, 0.2) is 0 Å². The first-order valence-electron chi connectivity index (χ1n) is 7.20. The Labute approximate surface area is 133 Å². The summed E-state index contributed by atoms with van der Waals surface area (Å²) in [6.45, 7) is 5.07. The molecule has 1 heterocycles. The highest BCUT2D eigenvalue weighted by Gasteiger charge is 2.16. The number of rotatable bonds is 6. The van der Waals surface area contributed by atoms with Crippen molar-refractivity contribution in [3.05, 3.63) is 63.6 Å². The summed E-state index contributed by atoms with van der Waals surface area (Å²) >= 11 is 3.51. The Morgan fingerprint density at radius 3 is 2.86 bits per heavy atom. The van der Waals surface area contributed by atoms with Gasteiger partial charge in [-0.05, 0) is 61.7 Å². The fraction of sp³-hybridized carbons (Fsp3) is 0.353. The first-order chi connectivity index (χ1) is 10.1. The molecule has 2 rings (SSSR count). The molecule has 1 N–H and O–H groups in total. The second kappa shape index (κ2) is 7.66. The molecule has 0 aliphatic heterocycles. The zero-order valence-corrected chi connectivity index (χ0v) is 14.0. The number of nitrogens with one attached hydrogen (secondary N) is 1. The Morgan fingerprint density at radius 1 is 1.33 bits per heavy atom. The van der Waals surface area contributed by atoms with E-state index in [1.165, 1.54) is 11.6 Å².